The molecule has 2 aromatic carbocycles. The molecule has 1 aliphatic rings. The zero-order valence-electron chi connectivity index (χ0n) is 17.3. The third kappa shape index (κ3) is 5.16. The summed E-state index contributed by atoms with van der Waals surface area (Å²) in [7, 11) is 0. The second kappa shape index (κ2) is 10.4. The summed E-state index contributed by atoms with van der Waals surface area (Å²) in [6.45, 7) is 7.77. The summed E-state index contributed by atoms with van der Waals surface area (Å²) in [4.78, 5) is 1.24. The molecule has 1 heterocycles. The van der Waals surface area contributed by atoms with Crippen molar-refractivity contribution in [3.05, 3.63) is 64.7 Å². The van der Waals surface area contributed by atoms with E-state index < -0.39 is 30.5 Å². The second-order valence-electron chi connectivity index (χ2n) is 6.94. The van der Waals surface area contributed by atoms with Crippen LogP contribution in [0.4, 0.5) is 0 Å². The van der Waals surface area contributed by atoms with Crippen molar-refractivity contribution in [2.75, 3.05) is 6.26 Å². The summed E-state index contributed by atoms with van der Waals surface area (Å²) in [6, 6.07) is 14.5. The van der Waals surface area contributed by atoms with Crippen LogP contribution in [-0.4, -0.2) is 46.0 Å². The van der Waals surface area contributed by atoms with Gasteiger partial charge in [0.25, 0.3) is 0 Å². The minimum atomic E-state index is -1.22. The highest BCUT2D eigenvalue weighted by Gasteiger charge is 2.42. The van der Waals surface area contributed by atoms with Gasteiger partial charge in [0.05, 0.1) is 6.10 Å². The van der Waals surface area contributed by atoms with Gasteiger partial charge in [0.2, 0.25) is 0 Å². The monoisotopic (exact) mass is 404 g/mol. The SMILES string of the molecule is CC.CSc1ccc(Cc2cc(C3O[C@H](C)[C@@H](O)C(O)[C@H]3O)ccc2C)cc1. The van der Waals surface area contributed by atoms with Crippen LogP contribution in [0.25, 0.3) is 0 Å². The van der Waals surface area contributed by atoms with Gasteiger partial charge in [-0.05, 0) is 60.9 Å². The van der Waals surface area contributed by atoms with Crippen molar-refractivity contribution in [2.45, 2.75) is 69.5 Å². The highest BCUT2D eigenvalue weighted by atomic mass is 32.2. The molecule has 0 spiro atoms. The number of aliphatic hydroxyl groups excluding tert-OH is 3. The Balaban J connectivity index is 0.00000136. The molecule has 154 valence electrons. The maximum absolute atomic E-state index is 10.3. The Morgan fingerprint density at radius 1 is 0.929 bits per heavy atom. The lowest BCUT2D eigenvalue weighted by Crippen LogP contribution is -2.53. The molecule has 0 saturated carbocycles. The fourth-order valence-electron chi connectivity index (χ4n) is 3.35. The van der Waals surface area contributed by atoms with Crippen LogP contribution < -0.4 is 0 Å². The Labute approximate surface area is 172 Å². The topological polar surface area (TPSA) is 69.9 Å². The molecule has 0 radical (unpaired) electrons. The van der Waals surface area contributed by atoms with Gasteiger partial charge in [-0.15, -0.1) is 11.8 Å². The number of benzene rings is 2. The van der Waals surface area contributed by atoms with Gasteiger partial charge in [0.1, 0.15) is 24.4 Å². The molecule has 0 aromatic heterocycles. The minimum absolute atomic E-state index is 0.540. The van der Waals surface area contributed by atoms with Crippen molar-refractivity contribution in [2.24, 2.45) is 0 Å². The first-order valence-electron chi connectivity index (χ1n) is 9.82. The largest absolute Gasteiger partial charge is 0.388 e. The Kier molecular flexibility index (Phi) is 8.53. The van der Waals surface area contributed by atoms with Crippen LogP contribution in [-0.2, 0) is 11.2 Å². The molecule has 1 saturated heterocycles. The van der Waals surface area contributed by atoms with Crippen molar-refractivity contribution in [1.82, 2.24) is 0 Å². The molecule has 5 heteroatoms. The van der Waals surface area contributed by atoms with E-state index in [1.165, 1.54) is 16.0 Å². The van der Waals surface area contributed by atoms with Crippen LogP contribution in [0.1, 0.15) is 49.1 Å². The quantitative estimate of drug-likeness (QED) is 0.675. The third-order valence-corrected chi connectivity index (χ3v) is 5.85. The zero-order valence-corrected chi connectivity index (χ0v) is 18.1. The number of hydrogen-bond donors (Lipinski definition) is 3. The van der Waals surface area contributed by atoms with Gasteiger partial charge in [-0.3, -0.25) is 0 Å². The summed E-state index contributed by atoms with van der Waals surface area (Å²) in [5.41, 5.74) is 4.36. The van der Waals surface area contributed by atoms with E-state index in [9.17, 15) is 15.3 Å². The summed E-state index contributed by atoms with van der Waals surface area (Å²) in [5, 5.41) is 30.3. The number of hydrogen-bond acceptors (Lipinski definition) is 5. The molecule has 28 heavy (non-hydrogen) atoms. The number of ether oxygens (including phenoxy) is 1. The van der Waals surface area contributed by atoms with Gasteiger partial charge in [-0.2, -0.15) is 0 Å². The average Bonchev–Trinajstić information content (AvgIpc) is 2.73. The lowest BCUT2D eigenvalue weighted by molar-refractivity contribution is -0.219. The normalized spacial score (nSPS) is 27.1. The second-order valence-corrected chi connectivity index (χ2v) is 7.82. The summed E-state index contributed by atoms with van der Waals surface area (Å²) >= 11 is 1.72. The molecule has 4 nitrogen and oxygen atoms in total. The molecule has 0 amide bonds. The van der Waals surface area contributed by atoms with E-state index in [1.54, 1.807) is 18.7 Å². The standard InChI is InChI=1S/C21H26O4S.C2H6/c1-12-4-7-15(21-20(24)19(23)18(22)13(2)25-21)11-16(12)10-14-5-8-17(26-3)9-6-14;1-2/h4-9,11,13,18-24H,10H2,1-3H3;1-2H3/t13-,18-,19?,20-,21?;/m1./s1. The maximum Gasteiger partial charge on any atom is 0.113 e. The average molecular weight is 405 g/mol. The Bertz CT molecular complexity index is 747. The summed E-state index contributed by atoms with van der Waals surface area (Å²) in [6.07, 6.45) is -1.79. The summed E-state index contributed by atoms with van der Waals surface area (Å²) < 4.78 is 5.78. The first-order valence-corrected chi connectivity index (χ1v) is 11.0. The van der Waals surface area contributed by atoms with Crippen LogP contribution in [0.3, 0.4) is 0 Å². The highest BCUT2D eigenvalue weighted by Crippen LogP contribution is 2.33. The van der Waals surface area contributed by atoms with Crippen LogP contribution in [0, 0.1) is 6.92 Å². The van der Waals surface area contributed by atoms with Crippen molar-refractivity contribution in [3.8, 4) is 0 Å². The molecule has 0 aliphatic carbocycles. The Morgan fingerprint density at radius 2 is 1.57 bits per heavy atom. The van der Waals surface area contributed by atoms with Gasteiger partial charge < -0.3 is 20.1 Å². The smallest absolute Gasteiger partial charge is 0.113 e. The fraction of sp³-hybridized carbons (Fsp3) is 0.478. The third-order valence-electron chi connectivity index (χ3n) is 5.11. The van der Waals surface area contributed by atoms with E-state index in [0.717, 1.165) is 17.5 Å². The maximum atomic E-state index is 10.3. The first-order chi connectivity index (χ1) is 13.4. The van der Waals surface area contributed by atoms with Crippen molar-refractivity contribution in [1.29, 1.82) is 0 Å². The van der Waals surface area contributed by atoms with E-state index in [0.29, 0.717) is 0 Å². The zero-order chi connectivity index (χ0) is 20.8. The highest BCUT2D eigenvalue weighted by molar-refractivity contribution is 7.98. The van der Waals surface area contributed by atoms with Gasteiger partial charge in [0, 0.05) is 4.90 Å². The van der Waals surface area contributed by atoms with E-state index in [2.05, 4.69) is 37.4 Å². The molecule has 1 fully saturated rings. The van der Waals surface area contributed by atoms with Crippen molar-refractivity contribution >= 4 is 11.8 Å². The lowest BCUT2D eigenvalue weighted by atomic mass is 9.89. The number of aryl methyl sites for hydroxylation is 1. The molecule has 0 bridgehead atoms. The number of aliphatic hydroxyl groups is 3. The van der Waals surface area contributed by atoms with Crippen LogP contribution in [0.2, 0.25) is 0 Å². The molecule has 3 rings (SSSR count). The van der Waals surface area contributed by atoms with E-state index in [1.807, 2.05) is 32.0 Å². The van der Waals surface area contributed by atoms with Crippen molar-refractivity contribution < 1.29 is 20.1 Å². The Hall–Kier alpha value is -1.37. The van der Waals surface area contributed by atoms with E-state index in [4.69, 9.17) is 4.74 Å². The Morgan fingerprint density at radius 3 is 2.18 bits per heavy atom. The first kappa shape index (κ1) is 22.9. The van der Waals surface area contributed by atoms with Crippen molar-refractivity contribution in [3.63, 3.8) is 0 Å². The van der Waals surface area contributed by atoms with Gasteiger partial charge >= 0.3 is 0 Å². The molecule has 5 atom stereocenters. The minimum Gasteiger partial charge on any atom is -0.388 e. The predicted molar refractivity (Wildman–Crippen MR) is 115 cm³/mol. The van der Waals surface area contributed by atoms with Gasteiger partial charge in [-0.25, -0.2) is 0 Å². The molecular weight excluding hydrogens is 372 g/mol. The molecular formula is C23H32O4S. The lowest BCUT2D eigenvalue weighted by Gasteiger charge is -2.39. The van der Waals surface area contributed by atoms with Crippen LogP contribution in [0.15, 0.2) is 47.4 Å². The van der Waals surface area contributed by atoms with Crippen LogP contribution in [0.5, 0.6) is 0 Å². The fourth-order valence-corrected chi connectivity index (χ4v) is 3.76. The number of thioether (sulfide) groups is 1. The van der Waals surface area contributed by atoms with Gasteiger partial charge in [-0.1, -0.05) is 44.2 Å². The van der Waals surface area contributed by atoms with E-state index in [-0.39, 0.29) is 0 Å². The van der Waals surface area contributed by atoms with E-state index >= 15 is 0 Å². The number of rotatable bonds is 4. The molecule has 1 aliphatic heterocycles. The summed E-state index contributed by atoms with van der Waals surface area (Å²) in [5.74, 6) is 0. The molecule has 3 N–H and O–H groups in total. The molecule has 2 aromatic rings. The van der Waals surface area contributed by atoms with Gasteiger partial charge in [0.15, 0.2) is 0 Å². The predicted octanol–water partition coefficient (Wildman–Crippen LogP) is 3.88. The van der Waals surface area contributed by atoms with Crippen LogP contribution >= 0.6 is 11.8 Å². The molecule has 2 unspecified atom stereocenters.